The fourth-order valence-corrected chi connectivity index (χ4v) is 4.31. The van der Waals surface area contributed by atoms with Crippen LogP contribution < -0.4 is 10.2 Å². The second-order valence-corrected chi connectivity index (χ2v) is 9.20. The molecule has 2 fully saturated rings. The molecular weight excluding hydrogens is 380 g/mol. The first-order valence-corrected chi connectivity index (χ1v) is 10.2. The zero-order chi connectivity index (χ0) is 21.3. The summed E-state index contributed by atoms with van der Waals surface area (Å²) in [4.78, 5) is 45.3. The van der Waals surface area contributed by atoms with Crippen molar-refractivity contribution >= 4 is 29.4 Å². The van der Waals surface area contributed by atoms with Crippen LogP contribution in [-0.2, 0) is 28.0 Å². The monoisotopic (exact) mass is 404 g/mol. The van der Waals surface area contributed by atoms with E-state index in [4.69, 9.17) is 0 Å². The molecule has 3 heterocycles. The molecule has 0 radical (unpaired) electrons. The minimum atomic E-state index is -0.996. The van der Waals surface area contributed by atoms with Crippen LogP contribution in [0.2, 0.25) is 0 Å². The van der Waals surface area contributed by atoms with E-state index in [2.05, 4.69) is 17.2 Å². The molecule has 1 aliphatic carbocycles. The average molecular weight is 404 g/mol. The van der Waals surface area contributed by atoms with Crippen LogP contribution in [-0.4, -0.2) is 33.3 Å². The van der Waals surface area contributed by atoms with Gasteiger partial charge >= 0.3 is 6.03 Å². The Morgan fingerprint density at radius 3 is 2.40 bits per heavy atom. The summed E-state index contributed by atoms with van der Waals surface area (Å²) in [5, 5.41) is 2.73. The van der Waals surface area contributed by atoms with Gasteiger partial charge in [-0.3, -0.25) is 9.59 Å². The van der Waals surface area contributed by atoms with Crippen molar-refractivity contribution in [3.8, 4) is 0 Å². The molecule has 7 heteroatoms. The van der Waals surface area contributed by atoms with E-state index in [0.29, 0.717) is 11.5 Å². The number of pyridine rings is 1. The van der Waals surface area contributed by atoms with Gasteiger partial charge in [-0.05, 0) is 61.4 Å². The number of carbonyl (C=O) groups is 3. The van der Waals surface area contributed by atoms with E-state index in [1.54, 1.807) is 31.0 Å². The van der Waals surface area contributed by atoms with Crippen LogP contribution >= 0.6 is 0 Å². The third-order valence-corrected chi connectivity index (χ3v) is 6.72. The van der Waals surface area contributed by atoms with Crippen LogP contribution in [0.1, 0.15) is 50.3 Å². The first-order chi connectivity index (χ1) is 14.2. The zero-order valence-corrected chi connectivity index (χ0v) is 17.4. The Hall–Kier alpha value is -3.22. The Morgan fingerprint density at radius 2 is 1.73 bits per heavy atom. The van der Waals surface area contributed by atoms with Crippen molar-refractivity contribution in [3.63, 3.8) is 0 Å². The molecule has 1 aromatic heterocycles. The molecule has 3 aliphatic rings. The maximum absolute atomic E-state index is 13.3. The topological polar surface area (TPSA) is 82.6 Å². The van der Waals surface area contributed by atoms with Gasteiger partial charge in [-0.25, -0.2) is 14.7 Å². The molecule has 1 saturated heterocycles. The SMILES string of the molecule is CC1(c2ccc(N3C(=O)N(Cc4ccnc5c4CC(=O)N5)C(C)(C)C3=O)cc2)CC1. The number of amides is 4. The minimum absolute atomic E-state index is 0.112. The fraction of sp³-hybridized carbons (Fsp3) is 0.391. The first-order valence-electron chi connectivity index (χ1n) is 10.2. The van der Waals surface area contributed by atoms with Gasteiger partial charge in [-0.1, -0.05) is 19.1 Å². The number of urea groups is 1. The molecular formula is C23H24N4O3. The highest BCUT2D eigenvalue weighted by atomic mass is 16.2. The summed E-state index contributed by atoms with van der Waals surface area (Å²) in [6, 6.07) is 9.22. The van der Waals surface area contributed by atoms with Crippen molar-refractivity contribution in [2.75, 3.05) is 10.2 Å². The van der Waals surface area contributed by atoms with Crippen molar-refractivity contribution in [1.29, 1.82) is 0 Å². The van der Waals surface area contributed by atoms with Crippen molar-refractivity contribution in [3.05, 3.63) is 53.2 Å². The number of hydrogen-bond donors (Lipinski definition) is 1. The van der Waals surface area contributed by atoms with E-state index < -0.39 is 5.54 Å². The van der Waals surface area contributed by atoms with Crippen LogP contribution in [0.25, 0.3) is 0 Å². The molecule has 2 aliphatic heterocycles. The number of nitrogens with zero attached hydrogens (tertiary/aromatic N) is 3. The van der Waals surface area contributed by atoms with E-state index in [9.17, 15) is 14.4 Å². The van der Waals surface area contributed by atoms with Gasteiger partial charge in [-0.15, -0.1) is 0 Å². The van der Waals surface area contributed by atoms with E-state index in [-0.39, 0.29) is 36.2 Å². The molecule has 1 aromatic carbocycles. The number of fused-ring (bicyclic) bond motifs is 1. The summed E-state index contributed by atoms with van der Waals surface area (Å²) in [5.74, 6) is 0.172. The Balaban J connectivity index is 1.45. The predicted octanol–water partition coefficient (Wildman–Crippen LogP) is 3.38. The van der Waals surface area contributed by atoms with Crippen molar-refractivity contribution in [2.45, 2.75) is 57.5 Å². The predicted molar refractivity (Wildman–Crippen MR) is 112 cm³/mol. The van der Waals surface area contributed by atoms with E-state index >= 15 is 0 Å². The molecule has 2 aromatic rings. The number of hydrogen-bond acceptors (Lipinski definition) is 4. The molecule has 0 unspecified atom stereocenters. The maximum atomic E-state index is 13.3. The molecule has 154 valence electrons. The van der Waals surface area contributed by atoms with Gasteiger partial charge in [-0.2, -0.15) is 0 Å². The Kier molecular flexibility index (Phi) is 3.84. The number of imide groups is 1. The standard InChI is InChI=1S/C23H24N4O3/c1-22(2)20(29)27(16-6-4-15(5-7-16)23(3)9-10-23)21(30)26(22)13-14-8-11-24-19-17(14)12-18(28)25-19/h4-8,11H,9-10,12-13H2,1-3H3,(H,24,25,28). The van der Waals surface area contributed by atoms with Crippen molar-refractivity contribution in [1.82, 2.24) is 9.88 Å². The number of nitrogens with one attached hydrogen (secondary N) is 1. The van der Waals surface area contributed by atoms with Gasteiger partial charge in [0.1, 0.15) is 11.4 Å². The van der Waals surface area contributed by atoms with Gasteiger partial charge in [0.25, 0.3) is 5.91 Å². The van der Waals surface area contributed by atoms with Gasteiger partial charge in [0, 0.05) is 18.3 Å². The summed E-state index contributed by atoms with van der Waals surface area (Å²) >= 11 is 0. The second-order valence-electron chi connectivity index (χ2n) is 9.20. The molecule has 1 N–H and O–H groups in total. The number of aromatic nitrogens is 1. The lowest BCUT2D eigenvalue weighted by molar-refractivity contribution is -0.123. The molecule has 30 heavy (non-hydrogen) atoms. The lowest BCUT2D eigenvalue weighted by atomic mass is 9.98. The molecule has 4 amide bonds. The van der Waals surface area contributed by atoms with Gasteiger partial charge in [0.15, 0.2) is 0 Å². The summed E-state index contributed by atoms with van der Waals surface area (Å²) in [6.07, 6.45) is 4.19. The average Bonchev–Trinajstić information content (AvgIpc) is 3.30. The maximum Gasteiger partial charge on any atom is 0.332 e. The molecule has 5 rings (SSSR count). The zero-order valence-electron chi connectivity index (χ0n) is 17.4. The quantitative estimate of drug-likeness (QED) is 0.792. The normalized spacial score (nSPS) is 21.1. The third kappa shape index (κ3) is 2.72. The molecule has 1 saturated carbocycles. The van der Waals surface area contributed by atoms with Crippen LogP contribution in [0, 0.1) is 0 Å². The molecule has 0 atom stereocenters. The van der Waals surface area contributed by atoms with Gasteiger partial charge in [0.2, 0.25) is 5.91 Å². The molecule has 0 spiro atoms. The summed E-state index contributed by atoms with van der Waals surface area (Å²) in [6.45, 7) is 5.99. The highest BCUT2D eigenvalue weighted by Crippen LogP contribution is 2.48. The van der Waals surface area contributed by atoms with Gasteiger partial charge < -0.3 is 10.2 Å². The Labute approximate surface area is 175 Å². The fourth-order valence-electron chi connectivity index (χ4n) is 4.31. The summed E-state index contributed by atoms with van der Waals surface area (Å²) < 4.78 is 0. The van der Waals surface area contributed by atoms with Crippen LogP contribution in [0.15, 0.2) is 36.5 Å². The van der Waals surface area contributed by atoms with Crippen molar-refractivity contribution < 1.29 is 14.4 Å². The van der Waals surface area contributed by atoms with Crippen molar-refractivity contribution in [2.24, 2.45) is 0 Å². The van der Waals surface area contributed by atoms with Crippen LogP contribution in [0.3, 0.4) is 0 Å². The van der Waals surface area contributed by atoms with E-state index in [1.807, 2.05) is 24.3 Å². The van der Waals surface area contributed by atoms with Crippen LogP contribution in [0.5, 0.6) is 0 Å². The first kappa shape index (κ1) is 18.8. The van der Waals surface area contributed by atoms with Gasteiger partial charge in [0.05, 0.1) is 12.1 Å². The largest absolute Gasteiger partial charge is 0.332 e. The number of rotatable bonds is 4. The minimum Gasteiger partial charge on any atom is -0.310 e. The lowest BCUT2D eigenvalue weighted by Gasteiger charge is -2.28. The highest BCUT2D eigenvalue weighted by molar-refractivity contribution is 6.23. The smallest absolute Gasteiger partial charge is 0.310 e. The van der Waals surface area contributed by atoms with E-state index in [0.717, 1.165) is 11.1 Å². The highest BCUT2D eigenvalue weighted by Gasteiger charge is 2.52. The van der Waals surface area contributed by atoms with E-state index in [1.165, 1.54) is 23.3 Å². The number of benzene rings is 1. The third-order valence-electron chi connectivity index (χ3n) is 6.72. The lowest BCUT2D eigenvalue weighted by Crippen LogP contribution is -2.43. The number of anilines is 2. The van der Waals surface area contributed by atoms with Crippen LogP contribution in [0.4, 0.5) is 16.3 Å². The summed E-state index contributed by atoms with van der Waals surface area (Å²) in [5.41, 5.74) is 2.68. The Morgan fingerprint density at radius 1 is 1.03 bits per heavy atom. The molecule has 7 nitrogen and oxygen atoms in total. The summed E-state index contributed by atoms with van der Waals surface area (Å²) in [7, 11) is 0. The second kappa shape index (κ2) is 6.14. The molecule has 0 bridgehead atoms. The Bertz CT molecular complexity index is 1090. The number of carbonyl (C=O) groups excluding carboxylic acids is 3.